The SMILES string of the molecule is CC(C)(C)c1ccc(NC(=O)C(=O)c2c[nH]c3ccc(F)cc23)cc1. The van der Waals surface area contributed by atoms with Gasteiger partial charge < -0.3 is 10.3 Å². The third-order valence-corrected chi connectivity index (χ3v) is 4.10. The number of aromatic nitrogens is 1. The van der Waals surface area contributed by atoms with E-state index in [0.29, 0.717) is 16.6 Å². The Kier molecular flexibility index (Phi) is 4.17. The minimum Gasteiger partial charge on any atom is -0.360 e. The van der Waals surface area contributed by atoms with Gasteiger partial charge in [-0.05, 0) is 41.3 Å². The molecule has 0 atom stereocenters. The van der Waals surface area contributed by atoms with Crippen LogP contribution in [0.25, 0.3) is 10.9 Å². The number of Topliss-reactive ketones (excluding diaryl/α,β-unsaturated/α-hetero) is 1. The maximum absolute atomic E-state index is 13.4. The van der Waals surface area contributed by atoms with Crippen molar-refractivity contribution in [2.45, 2.75) is 26.2 Å². The summed E-state index contributed by atoms with van der Waals surface area (Å²) in [6.07, 6.45) is 1.43. The van der Waals surface area contributed by atoms with E-state index < -0.39 is 17.5 Å². The molecule has 1 heterocycles. The van der Waals surface area contributed by atoms with Gasteiger partial charge in [0, 0.05) is 22.8 Å². The normalized spacial score (nSPS) is 11.5. The summed E-state index contributed by atoms with van der Waals surface area (Å²) in [6.45, 7) is 6.29. The number of hydrogen-bond acceptors (Lipinski definition) is 2. The summed E-state index contributed by atoms with van der Waals surface area (Å²) in [5.41, 5.74) is 2.43. The van der Waals surface area contributed by atoms with E-state index >= 15 is 0 Å². The van der Waals surface area contributed by atoms with Gasteiger partial charge in [0.05, 0.1) is 5.56 Å². The summed E-state index contributed by atoms with van der Waals surface area (Å²) in [5, 5.41) is 2.98. The number of hydrogen-bond donors (Lipinski definition) is 2. The fraction of sp³-hybridized carbons (Fsp3) is 0.200. The third-order valence-electron chi connectivity index (χ3n) is 4.10. The zero-order valence-electron chi connectivity index (χ0n) is 14.3. The number of H-pyrrole nitrogens is 1. The second-order valence-corrected chi connectivity index (χ2v) is 7.00. The van der Waals surface area contributed by atoms with Crippen LogP contribution in [0.2, 0.25) is 0 Å². The molecule has 0 aliphatic heterocycles. The molecule has 0 aliphatic rings. The molecule has 3 aromatic rings. The quantitative estimate of drug-likeness (QED) is 0.548. The number of carbonyl (C=O) groups is 2. The molecule has 0 bridgehead atoms. The molecule has 0 aliphatic carbocycles. The van der Waals surface area contributed by atoms with Crippen molar-refractivity contribution in [3.63, 3.8) is 0 Å². The summed E-state index contributed by atoms with van der Waals surface area (Å²) >= 11 is 0. The Bertz CT molecular complexity index is 950. The summed E-state index contributed by atoms with van der Waals surface area (Å²) in [7, 11) is 0. The number of fused-ring (bicyclic) bond motifs is 1. The minimum absolute atomic E-state index is 0.00642. The van der Waals surface area contributed by atoms with E-state index in [9.17, 15) is 14.0 Å². The van der Waals surface area contributed by atoms with Crippen LogP contribution >= 0.6 is 0 Å². The van der Waals surface area contributed by atoms with Gasteiger partial charge in [0.15, 0.2) is 0 Å². The number of aromatic amines is 1. The van der Waals surface area contributed by atoms with Crippen LogP contribution in [-0.4, -0.2) is 16.7 Å². The molecule has 0 saturated heterocycles. The highest BCUT2D eigenvalue weighted by atomic mass is 19.1. The van der Waals surface area contributed by atoms with E-state index in [1.807, 2.05) is 12.1 Å². The van der Waals surface area contributed by atoms with Crippen LogP contribution in [0.5, 0.6) is 0 Å². The molecule has 0 spiro atoms. The van der Waals surface area contributed by atoms with E-state index in [2.05, 4.69) is 31.1 Å². The Morgan fingerprint density at radius 1 is 1.04 bits per heavy atom. The Balaban J connectivity index is 1.80. The molecule has 1 amide bonds. The van der Waals surface area contributed by atoms with Crippen LogP contribution in [0.3, 0.4) is 0 Å². The molecule has 5 heteroatoms. The Labute approximate surface area is 145 Å². The number of benzene rings is 2. The van der Waals surface area contributed by atoms with Crippen molar-refractivity contribution in [1.82, 2.24) is 4.98 Å². The number of amides is 1. The minimum atomic E-state index is -0.756. The first-order valence-corrected chi connectivity index (χ1v) is 7.98. The summed E-state index contributed by atoms with van der Waals surface area (Å²) in [5.74, 6) is -1.93. The Hall–Kier alpha value is -2.95. The molecule has 0 fully saturated rings. The Morgan fingerprint density at radius 3 is 2.36 bits per heavy atom. The molecular formula is C20H19FN2O2. The average molecular weight is 338 g/mol. The standard InChI is InChI=1S/C20H19FN2O2/c1-20(2,3)12-4-7-14(8-5-12)23-19(25)18(24)16-11-22-17-9-6-13(21)10-15(16)17/h4-11,22H,1-3H3,(H,23,25). The van der Waals surface area contributed by atoms with Crippen molar-refractivity contribution in [3.8, 4) is 0 Å². The smallest absolute Gasteiger partial charge is 0.296 e. The number of halogens is 1. The maximum Gasteiger partial charge on any atom is 0.296 e. The van der Waals surface area contributed by atoms with Gasteiger partial charge in [0.2, 0.25) is 0 Å². The number of rotatable bonds is 3. The molecule has 4 nitrogen and oxygen atoms in total. The van der Waals surface area contributed by atoms with E-state index in [4.69, 9.17) is 0 Å². The fourth-order valence-corrected chi connectivity index (χ4v) is 2.64. The van der Waals surface area contributed by atoms with Crippen molar-refractivity contribution in [2.24, 2.45) is 0 Å². The van der Waals surface area contributed by atoms with Gasteiger partial charge in [-0.25, -0.2) is 4.39 Å². The molecule has 128 valence electrons. The second-order valence-electron chi connectivity index (χ2n) is 7.00. The van der Waals surface area contributed by atoms with Gasteiger partial charge in [0.1, 0.15) is 5.82 Å². The van der Waals surface area contributed by atoms with Gasteiger partial charge in [-0.15, -0.1) is 0 Å². The average Bonchev–Trinajstić information content (AvgIpc) is 2.96. The van der Waals surface area contributed by atoms with Crippen LogP contribution in [0.15, 0.2) is 48.7 Å². The molecule has 2 aromatic carbocycles. The van der Waals surface area contributed by atoms with Gasteiger partial charge in [-0.3, -0.25) is 9.59 Å². The van der Waals surface area contributed by atoms with Crippen molar-refractivity contribution in [1.29, 1.82) is 0 Å². The van der Waals surface area contributed by atoms with Gasteiger partial charge in [-0.1, -0.05) is 32.9 Å². The van der Waals surface area contributed by atoms with E-state index in [1.165, 1.54) is 24.4 Å². The van der Waals surface area contributed by atoms with Gasteiger partial charge >= 0.3 is 0 Å². The number of anilines is 1. The highest BCUT2D eigenvalue weighted by Crippen LogP contribution is 2.24. The summed E-state index contributed by atoms with van der Waals surface area (Å²) in [4.78, 5) is 27.5. The molecular weight excluding hydrogens is 319 g/mol. The van der Waals surface area contributed by atoms with E-state index in [-0.39, 0.29) is 11.0 Å². The lowest BCUT2D eigenvalue weighted by Gasteiger charge is -2.19. The molecule has 3 rings (SSSR count). The molecule has 25 heavy (non-hydrogen) atoms. The van der Waals surface area contributed by atoms with Crippen LogP contribution in [0, 0.1) is 5.82 Å². The first kappa shape index (κ1) is 16.9. The van der Waals surface area contributed by atoms with Gasteiger partial charge in [-0.2, -0.15) is 0 Å². The predicted octanol–water partition coefficient (Wildman–Crippen LogP) is 4.43. The van der Waals surface area contributed by atoms with Crippen LogP contribution in [0.4, 0.5) is 10.1 Å². The van der Waals surface area contributed by atoms with Crippen LogP contribution in [-0.2, 0) is 10.2 Å². The largest absolute Gasteiger partial charge is 0.360 e. The lowest BCUT2D eigenvalue weighted by atomic mass is 9.87. The van der Waals surface area contributed by atoms with E-state index in [0.717, 1.165) is 5.56 Å². The van der Waals surface area contributed by atoms with Crippen molar-refractivity contribution in [2.75, 3.05) is 5.32 Å². The summed E-state index contributed by atoms with van der Waals surface area (Å²) in [6, 6.07) is 11.4. The zero-order valence-corrected chi connectivity index (χ0v) is 14.3. The number of ketones is 1. The molecule has 0 radical (unpaired) electrons. The topological polar surface area (TPSA) is 62.0 Å². The highest BCUT2D eigenvalue weighted by molar-refractivity contribution is 6.48. The van der Waals surface area contributed by atoms with Crippen LogP contribution < -0.4 is 5.32 Å². The zero-order chi connectivity index (χ0) is 18.2. The number of nitrogens with one attached hydrogen (secondary N) is 2. The maximum atomic E-state index is 13.4. The Morgan fingerprint density at radius 2 is 1.72 bits per heavy atom. The first-order chi connectivity index (χ1) is 11.8. The van der Waals surface area contributed by atoms with Crippen molar-refractivity contribution < 1.29 is 14.0 Å². The third kappa shape index (κ3) is 3.45. The second kappa shape index (κ2) is 6.16. The lowest BCUT2D eigenvalue weighted by molar-refractivity contribution is -0.112. The predicted molar refractivity (Wildman–Crippen MR) is 96.4 cm³/mol. The van der Waals surface area contributed by atoms with E-state index in [1.54, 1.807) is 12.1 Å². The first-order valence-electron chi connectivity index (χ1n) is 7.98. The lowest BCUT2D eigenvalue weighted by Crippen LogP contribution is -2.22. The highest BCUT2D eigenvalue weighted by Gasteiger charge is 2.21. The van der Waals surface area contributed by atoms with Crippen molar-refractivity contribution >= 4 is 28.3 Å². The van der Waals surface area contributed by atoms with Gasteiger partial charge in [0.25, 0.3) is 11.7 Å². The molecule has 0 saturated carbocycles. The molecule has 2 N–H and O–H groups in total. The number of carbonyl (C=O) groups excluding carboxylic acids is 2. The van der Waals surface area contributed by atoms with Crippen LogP contribution in [0.1, 0.15) is 36.7 Å². The van der Waals surface area contributed by atoms with Crippen molar-refractivity contribution in [3.05, 3.63) is 65.6 Å². The molecule has 1 aromatic heterocycles. The molecule has 0 unspecified atom stereocenters. The summed E-state index contributed by atoms with van der Waals surface area (Å²) < 4.78 is 13.4. The monoisotopic (exact) mass is 338 g/mol. The fourth-order valence-electron chi connectivity index (χ4n) is 2.64.